The number of thioether (sulfide) groups is 1. The molecule has 5 rings (SSSR count). The van der Waals surface area contributed by atoms with Crippen LogP contribution in [0.5, 0.6) is 11.5 Å². The van der Waals surface area contributed by atoms with Gasteiger partial charge in [0.15, 0.2) is 16.6 Å². The van der Waals surface area contributed by atoms with Crippen LogP contribution in [0.2, 0.25) is 0 Å². The maximum Gasteiger partial charge on any atom is 0.272 e. The molecule has 3 N–H and O–H groups in total. The number of nitrogens with one attached hydrogen (secondary N) is 3. The van der Waals surface area contributed by atoms with Gasteiger partial charge in [-0.3, -0.25) is 14.4 Å². The highest BCUT2D eigenvalue weighted by atomic mass is 32.2. The molecule has 0 fully saturated rings. The molecular weight excluding hydrogens is 633 g/mol. The molecule has 0 saturated heterocycles. The molecule has 11 heteroatoms. The zero-order valence-electron chi connectivity index (χ0n) is 25.9. The zero-order chi connectivity index (χ0) is 33.2. The van der Waals surface area contributed by atoms with Crippen LogP contribution in [0, 0.1) is 0 Å². The first-order valence-electron chi connectivity index (χ1n) is 14.5. The minimum atomic E-state index is -0.486. The fourth-order valence-electron chi connectivity index (χ4n) is 4.43. The van der Waals surface area contributed by atoms with Crippen molar-refractivity contribution in [1.29, 1.82) is 0 Å². The smallest absolute Gasteiger partial charge is 0.272 e. The van der Waals surface area contributed by atoms with E-state index in [4.69, 9.17) is 9.47 Å². The van der Waals surface area contributed by atoms with Crippen LogP contribution >= 0.6 is 23.1 Å². The maximum atomic E-state index is 13.4. The maximum absolute atomic E-state index is 13.4. The predicted molar refractivity (Wildman–Crippen MR) is 188 cm³/mol. The van der Waals surface area contributed by atoms with Gasteiger partial charge in [0.25, 0.3) is 11.8 Å². The van der Waals surface area contributed by atoms with Crippen LogP contribution in [0.1, 0.15) is 22.8 Å². The van der Waals surface area contributed by atoms with Crippen molar-refractivity contribution >= 4 is 57.7 Å². The van der Waals surface area contributed by atoms with Crippen LogP contribution in [-0.4, -0.2) is 42.2 Å². The van der Waals surface area contributed by atoms with Crippen molar-refractivity contribution < 1.29 is 23.9 Å². The Morgan fingerprint density at radius 1 is 0.830 bits per heavy atom. The molecule has 0 aliphatic carbocycles. The first-order valence-corrected chi connectivity index (χ1v) is 16.3. The lowest BCUT2D eigenvalue weighted by molar-refractivity contribution is -0.115. The predicted octanol–water partition coefficient (Wildman–Crippen LogP) is 7.36. The van der Waals surface area contributed by atoms with Gasteiger partial charge >= 0.3 is 0 Å². The minimum Gasteiger partial charge on any atom is -0.493 e. The third-order valence-electron chi connectivity index (χ3n) is 6.83. The number of hydrogen-bond acceptors (Lipinski definition) is 8. The Hall–Kier alpha value is -5.39. The number of benzene rings is 4. The Kier molecular flexibility index (Phi) is 11.1. The summed E-state index contributed by atoms with van der Waals surface area (Å²) < 4.78 is 10.7. The van der Waals surface area contributed by atoms with Crippen molar-refractivity contribution in [3.05, 3.63) is 125 Å². The van der Waals surface area contributed by atoms with E-state index in [1.54, 1.807) is 69.7 Å². The van der Waals surface area contributed by atoms with Crippen molar-refractivity contribution in [1.82, 2.24) is 10.3 Å². The Morgan fingerprint density at radius 3 is 2.28 bits per heavy atom. The van der Waals surface area contributed by atoms with E-state index in [0.29, 0.717) is 33.6 Å². The Morgan fingerprint density at radius 2 is 1.55 bits per heavy atom. The van der Waals surface area contributed by atoms with E-state index in [2.05, 4.69) is 20.9 Å². The number of hydrogen-bond donors (Lipinski definition) is 3. The summed E-state index contributed by atoms with van der Waals surface area (Å²) in [5, 5.41) is 10.4. The van der Waals surface area contributed by atoms with Crippen LogP contribution in [0.15, 0.2) is 119 Å². The Labute approximate surface area is 281 Å². The summed E-state index contributed by atoms with van der Waals surface area (Å²) in [4.78, 5) is 44.7. The molecule has 1 heterocycles. The molecule has 4 aromatic carbocycles. The number of methoxy groups -OCH3 is 2. The third-order valence-corrected chi connectivity index (χ3v) is 8.68. The standard InChI is InChI=1S/C36H32N4O5S2/c1-23(33(41)40-36-39-30(22-46-36)26-17-18-31(44-2)32(20-26)45-3)47-28-16-10-15-27(21-28)37-35(43)29(19-24-11-6-4-7-12-24)38-34(42)25-13-8-5-9-14-25/h4-23H,1-3H3,(H,37,43)(H,38,42)(H,39,40,41)/b29-19-. The van der Waals surface area contributed by atoms with Gasteiger partial charge in [-0.1, -0.05) is 54.6 Å². The van der Waals surface area contributed by atoms with Crippen molar-refractivity contribution in [2.75, 3.05) is 24.9 Å². The van der Waals surface area contributed by atoms with E-state index in [-0.39, 0.29) is 11.6 Å². The van der Waals surface area contributed by atoms with E-state index in [1.165, 1.54) is 23.1 Å². The molecule has 0 spiro atoms. The normalized spacial score (nSPS) is 11.7. The second-order valence-electron chi connectivity index (χ2n) is 10.1. The van der Waals surface area contributed by atoms with E-state index in [1.807, 2.05) is 66.0 Å². The molecular formula is C36H32N4O5S2. The summed E-state index contributed by atoms with van der Waals surface area (Å²) >= 11 is 2.67. The number of thiazole rings is 1. The largest absolute Gasteiger partial charge is 0.493 e. The number of carbonyl (C=O) groups is 3. The van der Waals surface area contributed by atoms with Gasteiger partial charge in [0.2, 0.25) is 5.91 Å². The van der Waals surface area contributed by atoms with Crippen molar-refractivity contribution in [2.24, 2.45) is 0 Å². The van der Waals surface area contributed by atoms with Crippen LogP contribution < -0.4 is 25.4 Å². The fourth-order valence-corrected chi connectivity index (χ4v) is 6.08. The van der Waals surface area contributed by atoms with Crippen LogP contribution in [0.4, 0.5) is 10.8 Å². The molecule has 3 amide bonds. The number of anilines is 2. The molecule has 0 aliphatic heterocycles. The quantitative estimate of drug-likeness (QED) is 0.0943. The second-order valence-corrected chi connectivity index (χ2v) is 12.4. The highest BCUT2D eigenvalue weighted by Gasteiger charge is 2.19. The summed E-state index contributed by atoms with van der Waals surface area (Å²) in [5.74, 6) is 0.110. The lowest BCUT2D eigenvalue weighted by atomic mass is 10.1. The Balaban J connectivity index is 1.23. The van der Waals surface area contributed by atoms with Gasteiger partial charge in [-0.15, -0.1) is 23.1 Å². The molecule has 47 heavy (non-hydrogen) atoms. The van der Waals surface area contributed by atoms with Gasteiger partial charge in [0, 0.05) is 27.1 Å². The van der Waals surface area contributed by atoms with E-state index in [9.17, 15) is 14.4 Å². The molecule has 0 aliphatic rings. The van der Waals surface area contributed by atoms with Gasteiger partial charge in [0.1, 0.15) is 5.70 Å². The number of aromatic nitrogens is 1. The molecule has 1 atom stereocenters. The van der Waals surface area contributed by atoms with E-state index >= 15 is 0 Å². The molecule has 1 aromatic heterocycles. The highest BCUT2D eigenvalue weighted by molar-refractivity contribution is 8.00. The summed E-state index contributed by atoms with van der Waals surface area (Å²) in [7, 11) is 3.15. The van der Waals surface area contributed by atoms with Gasteiger partial charge in [0.05, 0.1) is 25.2 Å². The first-order chi connectivity index (χ1) is 22.8. The van der Waals surface area contributed by atoms with E-state index in [0.717, 1.165) is 16.0 Å². The third kappa shape index (κ3) is 8.87. The van der Waals surface area contributed by atoms with Crippen LogP contribution in [0.25, 0.3) is 17.3 Å². The summed E-state index contributed by atoms with van der Waals surface area (Å²) in [6.07, 6.45) is 1.62. The average Bonchev–Trinajstić information content (AvgIpc) is 3.57. The van der Waals surface area contributed by atoms with Gasteiger partial charge in [-0.05, 0) is 67.1 Å². The van der Waals surface area contributed by atoms with Crippen molar-refractivity contribution in [3.8, 4) is 22.8 Å². The molecule has 0 saturated carbocycles. The first kappa shape index (κ1) is 33.0. The fraction of sp³-hybridized carbons (Fsp3) is 0.111. The number of nitrogens with zero attached hydrogens (tertiary/aromatic N) is 1. The number of carbonyl (C=O) groups excluding carboxylic acids is 3. The van der Waals surface area contributed by atoms with Gasteiger partial charge in [-0.25, -0.2) is 4.98 Å². The van der Waals surface area contributed by atoms with Crippen LogP contribution in [-0.2, 0) is 9.59 Å². The minimum absolute atomic E-state index is 0.0896. The number of ether oxygens (including phenoxy) is 2. The topological polar surface area (TPSA) is 119 Å². The molecule has 0 bridgehead atoms. The molecule has 0 radical (unpaired) electrons. The Bertz CT molecular complexity index is 1890. The lowest BCUT2D eigenvalue weighted by Crippen LogP contribution is -2.30. The SMILES string of the molecule is COc1ccc(-c2csc(NC(=O)C(C)Sc3cccc(NC(=O)/C(=C/c4ccccc4)NC(=O)c4ccccc4)c3)n2)cc1OC. The van der Waals surface area contributed by atoms with Gasteiger partial charge in [-0.2, -0.15) is 0 Å². The summed E-state index contributed by atoms with van der Waals surface area (Å²) in [6, 6.07) is 30.7. The molecule has 1 unspecified atom stereocenters. The van der Waals surface area contributed by atoms with Gasteiger partial charge < -0.3 is 25.4 Å². The molecule has 5 aromatic rings. The van der Waals surface area contributed by atoms with Crippen molar-refractivity contribution in [2.45, 2.75) is 17.1 Å². The zero-order valence-corrected chi connectivity index (χ0v) is 27.5. The highest BCUT2D eigenvalue weighted by Crippen LogP contribution is 2.34. The summed E-state index contributed by atoms with van der Waals surface area (Å²) in [6.45, 7) is 1.80. The monoisotopic (exact) mass is 664 g/mol. The van der Waals surface area contributed by atoms with E-state index < -0.39 is 17.1 Å². The average molecular weight is 665 g/mol. The van der Waals surface area contributed by atoms with Crippen LogP contribution in [0.3, 0.4) is 0 Å². The number of rotatable bonds is 12. The van der Waals surface area contributed by atoms with Crippen molar-refractivity contribution in [3.63, 3.8) is 0 Å². The molecule has 238 valence electrons. The lowest BCUT2D eigenvalue weighted by Gasteiger charge is -2.13. The number of amides is 3. The second kappa shape index (κ2) is 15.7. The molecule has 9 nitrogen and oxygen atoms in total. The summed E-state index contributed by atoms with van der Waals surface area (Å²) in [5.41, 5.74) is 3.33.